The van der Waals surface area contributed by atoms with Gasteiger partial charge in [-0.05, 0) is 71.7 Å². The third-order valence-electron chi connectivity index (χ3n) is 7.40. The third kappa shape index (κ3) is 5.58. The second kappa shape index (κ2) is 10.3. The highest BCUT2D eigenvalue weighted by molar-refractivity contribution is 7.89. The van der Waals surface area contributed by atoms with Gasteiger partial charge in [0.2, 0.25) is 16.8 Å². The molecule has 0 saturated heterocycles. The fraction of sp³-hybridized carbons (Fsp3) is 0.367. The van der Waals surface area contributed by atoms with Crippen LogP contribution in [-0.4, -0.2) is 26.7 Å². The average Bonchev–Trinajstić information content (AvgIpc) is 3.58. The SMILES string of the molecule is CCCCS(=O)(=O)NCc1ccc(-c2cc(CC(=O)C3(c4ccc5c(c4)OCO5)CC3)ccc2C)cc1. The summed E-state index contributed by atoms with van der Waals surface area (Å²) in [7, 11) is -3.25. The highest BCUT2D eigenvalue weighted by Gasteiger charge is 2.50. The van der Waals surface area contributed by atoms with Gasteiger partial charge in [0, 0.05) is 13.0 Å². The van der Waals surface area contributed by atoms with E-state index in [2.05, 4.69) is 23.8 Å². The van der Waals surface area contributed by atoms with Gasteiger partial charge in [-0.2, -0.15) is 0 Å². The maximum absolute atomic E-state index is 13.5. The molecule has 2 aliphatic rings. The first-order chi connectivity index (χ1) is 17.8. The van der Waals surface area contributed by atoms with Crippen molar-refractivity contribution in [3.63, 3.8) is 0 Å². The van der Waals surface area contributed by atoms with Crippen LogP contribution in [0.3, 0.4) is 0 Å². The lowest BCUT2D eigenvalue weighted by molar-refractivity contribution is -0.120. The van der Waals surface area contributed by atoms with Gasteiger partial charge in [-0.1, -0.05) is 61.9 Å². The number of Topliss-reactive ketones (excluding diaryl/α,β-unsaturated/α-hetero) is 1. The Morgan fingerprint density at radius 1 is 0.946 bits per heavy atom. The average molecular weight is 520 g/mol. The van der Waals surface area contributed by atoms with E-state index in [4.69, 9.17) is 9.47 Å². The molecule has 6 nitrogen and oxygen atoms in total. The summed E-state index contributed by atoms with van der Waals surface area (Å²) in [5, 5.41) is 0. The van der Waals surface area contributed by atoms with Gasteiger partial charge < -0.3 is 9.47 Å². The summed E-state index contributed by atoms with van der Waals surface area (Å²) in [4.78, 5) is 13.5. The van der Waals surface area contributed by atoms with E-state index >= 15 is 0 Å². The normalized spacial score (nSPS) is 15.5. The molecule has 5 rings (SSSR count). The number of nitrogens with one attached hydrogen (secondary N) is 1. The van der Waals surface area contributed by atoms with E-state index in [1.165, 1.54) is 0 Å². The molecule has 3 aromatic rings. The van der Waals surface area contributed by atoms with Crippen LogP contribution >= 0.6 is 0 Å². The van der Waals surface area contributed by atoms with Crippen molar-refractivity contribution in [3.05, 3.63) is 82.9 Å². The first-order valence-corrected chi connectivity index (χ1v) is 14.5. The smallest absolute Gasteiger partial charge is 0.231 e. The molecule has 1 heterocycles. The van der Waals surface area contributed by atoms with Gasteiger partial charge in [0.15, 0.2) is 11.5 Å². The first-order valence-electron chi connectivity index (χ1n) is 12.9. The van der Waals surface area contributed by atoms with Gasteiger partial charge in [-0.25, -0.2) is 13.1 Å². The number of sulfonamides is 1. The van der Waals surface area contributed by atoms with Crippen LogP contribution in [0.5, 0.6) is 11.5 Å². The zero-order valence-electron chi connectivity index (χ0n) is 21.4. The summed E-state index contributed by atoms with van der Waals surface area (Å²) < 4.78 is 37.8. The molecule has 0 spiro atoms. The molecule has 1 fully saturated rings. The fourth-order valence-electron chi connectivity index (χ4n) is 4.89. The molecule has 1 saturated carbocycles. The summed E-state index contributed by atoms with van der Waals surface area (Å²) in [5.74, 6) is 1.83. The fourth-order valence-corrected chi connectivity index (χ4v) is 6.09. The minimum absolute atomic E-state index is 0.155. The standard InChI is InChI=1S/C30H33NO5S/c1-3-4-15-37(33,34)31-19-22-7-9-24(10-8-22)26-16-23(6-5-21(26)2)17-29(32)30(13-14-30)25-11-12-27-28(18-25)36-20-35-27/h5-12,16,18,31H,3-4,13-15,17,19-20H2,1-2H3. The third-order valence-corrected chi connectivity index (χ3v) is 8.81. The summed E-state index contributed by atoms with van der Waals surface area (Å²) in [6, 6.07) is 20.0. The van der Waals surface area contributed by atoms with E-state index in [9.17, 15) is 13.2 Å². The minimum atomic E-state index is -3.25. The van der Waals surface area contributed by atoms with Crippen LogP contribution in [0.1, 0.15) is 54.9 Å². The molecular weight excluding hydrogens is 486 g/mol. The number of hydrogen-bond acceptors (Lipinski definition) is 5. The first kappa shape index (κ1) is 25.5. The largest absolute Gasteiger partial charge is 0.454 e. The number of benzene rings is 3. The number of aryl methyl sites for hydroxylation is 1. The predicted molar refractivity (Wildman–Crippen MR) is 144 cm³/mol. The van der Waals surface area contributed by atoms with Crippen molar-refractivity contribution in [1.29, 1.82) is 0 Å². The molecule has 0 unspecified atom stereocenters. The van der Waals surface area contributed by atoms with Crippen LogP contribution in [0.4, 0.5) is 0 Å². The Morgan fingerprint density at radius 3 is 2.41 bits per heavy atom. The number of carbonyl (C=O) groups excluding carboxylic acids is 1. The van der Waals surface area contributed by atoms with Gasteiger partial charge >= 0.3 is 0 Å². The maximum Gasteiger partial charge on any atom is 0.231 e. The van der Waals surface area contributed by atoms with Gasteiger partial charge in [0.05, 0.1) is 11.2 Å². The van der Waals surface area contributed by atoms with Gasteiger partial charge in [0.25, 0.3) is 0 Å². The van der Waals surface area contributed by atoms with Crippen LogP contribution in [-0.2, 0) is 33.2 Å². The zero-order chi connectivity index (χ0) is 26.0. The van der Waals surface area contributed by atoms with E-state index in [-0.39, 0.29) is 24.9 Å². The van der Waals surface area contributed by atoms with Crippen molar-refractivity contribution in [3.8, 4) is 22.6 Å². The van der Waals surface area contributed by atoms with Crippen LogP contribution in [0.15, 0.2) is 60.7 Å². The topological polar surface area (TPSA) is 81.7 Å². The van der Waals surface area contributed by atoms with Gasteiger partial charge in [-0.3, -0.25) is 4.79 Å². The Balaban J connectivity index is 1.28. The number of carbonyl (C=O) groups is 1. The van der Waals surface area contributed by atoms with E-state index in [1.807, 2.05) is 55.5 Å². The van der Waals surface area contributed by atoms with Crippen molar-refractivity contribution >= 4 is 15.8 Å². The summed E-state index contributed by atoms with van der Waals surface area (Å²) in [5.41, 5.74) is 5.72. The Labute approximate surface area is 219 Å². The number of ketones is 1. The van der Waals surface area contributed by atoms with E-state index in [0.29, 0.717) is 18.6 Å². The molecule has 1 aliphatic heterocycles. The summed E-state index contributed by atoms with van der Waals surface area (Å²) >= 11 is 0. The number of fused-ring (bicyclic) bond motifs is 1. The second-order valence-corrected chi connectivity index (χ2v) is 12.0. The Morgan fingerprint density at radius 2 is 1.68 bits per heavy atom. The molecule has 194 valence electrons. The van der Waals surface area contributed by atoms with E-state index in [0.717, 1.165) is 58.4 Å². The monoisotopic (exact) mass is 519 g/mol. The number of unbranched alkanes of at least 4 members (excludes halogenated alkanes) is 1. The molecule has 1 N–H and O–H groups in total. The molecule has 0 aromatic heterocycles. The number of hydrogen-bond donors (Lipinski definition) is 1. The molecule has 0 amide bonds. The van der Waals surface area contributed by atoms with Gasteiger partial charge in [-0.15, -0.1) is 0 Å². The second-order valence-electron chi connectivity index (χ2n) is 10.1. The number of ether oxygens (including phenoxy) is 2. The van der Waals surface area contributed by atoms with Crippen molar-refractivity contribution in [1.82, 2.24) is 4.72 Å². The zero-order valence-corrected chi connectivity index (χ0v) is 22.2. The molecule has 0 atom stereocenters. The van der Waals surface area contributed by atoms with Gasteiger partial charge in [0.1, 0.15) is 5.78 Å². The lowest BCUT2D eigenvalue weighted by Gasteiger charge is -2.16. The van der Waals surface area contributed by atoms with Crippen LogP contribution in [0.2, 0.25) is 0 Å². The Bertz CT molecular complexity index is 1410. The number of rotatable bonds is 11. The highest BCUT2D eigenvalue weighted by Crippen LogP contribution is 2.51. The predicted octanol–water partition coefficient (Wildman–Crippen LogP) is 5.45. The Kier molecular flexibility index (Phi) is 7.10. The van der Waals surface area contributed by atoms with Crippen LogP contribution < -0.4 is 14.2 Å². The quantitative estimate of drug-likeness (QED) is 0.364. The van der Waals surface area contributed by atoms with E-state index in [1.54, 1.807) is 0 Å². The highest BCUT2D eigenvalue weighted by atomic mass is 32.2. The van der Waals surface area contributed by atoms with Crippen LogP contribution in [0.25, 0.3) is 11.1 Å². The summed E-state index contributed by atoms with van der Waals surface area (Å²) in [6.45, 7) is 4.54. The van der Waals surface area contributed by atoms with Crippen molar-refractivity contribution in [2.24, 2.45) is 0 Å². The van der Waals surface area contributed by atoms with E-state index < -0.39 is 15.4 Å². The maximum atomic E-state index is 13.5. The molecular formula is C30H33NO5S. The minimum Gasteiger partial charge on any atom is -0.454 e. The van der Waals surface area contributed by atoms with Crippen LogP contribution in [0, 0.1) is 6.92 Å². The lowest BCUT2D eigenvalue weighted by Crippen LogP contribution is -2.25. The molecule has 0 bridgehead atoms. The summed E-state index contributed by atoms with van der Waals surface area (Å²) in [6.07, 6.45) is 3.59. The Hall–Kier alpha value is -3.16. The lowest BCUT2D eigenvalue weighted by atomic mass is 9.87. The molecule has 3 aromatic carbocycles. The van der Waals surface area contributed by atoms with Crippen molar-refractivity contribution < 1.29 is 22.7 Å². The molecule has 0 radical (unpaired) electrons. The molecule has 7 heteroatoms. The molecule has 37 heavy (non-hydrogen) atoms. The van der Waals surface area contributed by atoms with Crippen molar-refractivity contribution in [2.75, 3.05) is 12.5 Å². The molecule has 1 aliphatic carbocycles. The van der Waals surface area contributed by atoms with Crippen molar-refractivity contribution in [2.45, 2.75) is 57.9 Å².